The van der Waals surface area contributed by atoms with Crippen molar-refractivity contribution < 1.29 is 9.47 Å². The fourth-order valence-corrected chi connectivity index (χ4v) is 4.09. The van der Waals surface area contributed by atoms with E-state index in [2.05, 4.69) is 57.2 Å². The van der Waals surface area contributed by atoms with Crippen LogP contribution in [0.1, 0.15) is 51.5 Å². The van der Waals surface area contributed by atoms with E-state index in [0.29, 0.717) is 17.8 Å². The normalized spacial score (nSPS) is 32.2. The molecule has 5 atom stereocenters. The van der Waals surface area contributed by atoms with Gasteiger partial charge in [-0.2, -0.15) is 0 Å². The lowest BCUT2D eigenvalue weighted by Gasteiger charge is -2.38. The first-order chi connectivity index (χ1) is 10.6. The Bertz CT molecular complexity index is 533. The summed E-state index contributed by atoms with van der Waals surface area (Å²) in [5.41, 5.74) is 1.46. The predicted octanol–water partition coefficient (Wildman–Crippen LogP) is 5.15. The molecule has 2 heteroatoms. The van der Waals surface area contributed by atoms with Crippen molar-refractivity contribution in [3.05, 3.63) is 42.0 Å². The minimum absolute atomic E-state index is 0.0869. The van der Waals surface area contributed by atoms with Crippen LogP contribution in [-0.2, 0) is 4.74 Å². The summed E-state index contributed by atoms with van der Waals surface area (Å²) in [5, 5.41) is 0. The first-order valence-electron chi connectivity index (χ1n) is 8.54. The number of benzene rings is 1. The van der Waals surface area contributed by atoms with Gasteiger partial charge in [0.2, 0.25) is 6.29 Å². The molecule has 0 saturated heterocycles. The van der Waals surface area contributed by atoms with Crippen LogP contribution in [0.15, 0.2) is 36.4 Å². The van der Waals surface area contributed by atoms with Crippen LogP contribution in [0.5, 0.6) is 5.75 Å². The third kappa shape index (κ3) is 2.69. The van der Waals surface area contributed by atoms with Crippen molar-refractivity contribution >= 4 is 0 Å². The third-order valence-corrected chi connectivity index (χ3v) is 5.78. The Balaban J connectivity index is 1.72. The monoisotopic (exact) mass is 300 g/mol. The topological polar surface area (TPSA) is 18.5 Å². The standard InChI is InChI=1S/C20H28O2/c1-5-14(2)16-7-10-18(11-8-16)22-19(21-4)20(3)13-15-6-9-17(20)12-15/h6-11,14-15,17,19H,5,12-13H2,1-4H3. The molecule has 22 heavy (non-hydrogen) atoms. The second-order valence-corrected chi connectivity index (χ2v) is 7.26. The van der Waals surface area contributed by atoms with Crippen LogP contribution < -0.4 is 4.74 Å². The molecule has 120 valence electrons. The summed E-state index contributed by atoms with van der Waals surface area (Å²) in [6, 6.07) is 8.53. The minimum atomic E-state index is -0.179. The largest absolute Gasteiger partial charge is 0.464 e. The molecule has 1 fully saturated rings. The van der Waals surface area contributed by atoms with E-state index in [0.717, 1.165) is 18.6 Å². The van der Waals surface area contributed by atoms with Crippen LogP contribution in [0, 0.1) is 17.3 Å². The molecule has 0 aliphatic heterocycles. The average Bonchev–Trinajstić information content (AvgIpc) is 3.13. The van der Waals surface area contributed by atoms with Gasteiger partial charge in [-0.25, -0.2) is 0 Å². The maximum atomic E-state index is 6.22. The zero-order valence-corrected chi connectivity index (χ0v) is 14.2. The SMILES string of the molecule is CCC(C)c1ccc(OC(OC)C2(C)CC3C=CC2C3)cc1. The molecule has 5 unspecified atom stereocenters. The molecule has 0 aromatic heterocycles. The van der Waals surface area contributed by atoms with Crippen molar-refractivity contribution in [2.45, 2.75) is 52.2 Å². The first-order valence-corrected chi connectivity index (χ1v) is 8.54. The number of allylic oxidation sites excluding steroid dienone is 2. The lowest BCUT2D eigenvalue weighted by Crippen LogP contribution is -2.41. The van der Waals surface area contributed by atoms with E-state index in [-0.39, 0.29) is 11.7 Å². The van der Waals surface area contributed by atoms with Crippen molar-refractivity contribution in [3.63, 3.8) is 0 Å². The van der Waals surface area contributed by atoms with Crippen LogP contribution in [0.3, 0.4) is 0 Å². The zero-order valence-electron chi connectivity index (χ0n) is 14.2. The average molecular weight is 300 g/mol. The molecule has 0 radical (unpaired) electrons. The summed E-state index contributed by atoms with van der Waals surface area (Å²) >= 11 is 0. The molecule has 2 aliphatic rings. The van der Waals surface area contributed by atoms with Gasteiger partial charge in [0.05, 0.1) is 0 Å². The fraction of sp³-hybridized carbons (Fsp3) is 0.600. The third-order valence-electron chi connectivity index (χ3n) is 5.78. The van der Waals surface area contributed by atoms with Crippen molar-refractivity contribution in [3.8, 4) is 5.75 Å². The highest BCUT2D eigenvalue weighted by Gasteiger charge is 2.51. The lowest BCUT2D eigenvalue weighted by atomic mass is 9.77. The quantitative estimate of drug-likeness (QED) is 0.534. The molecule has 1 aromatic carbocycles. The van der Waals surface area contributed by atoms with Gasteiger partial charge in [0, 0.05) is 12.5 Å². The van der Waals surface area contributed by atoms with E-state index < -0.39 is 0 Å². The zero-order chi connectivity index (χ0) is 15.7. The number of fused-ring (bicyclic) bond motifs is 2. The Hall–Kier alpha value is -1.28. The second-order valence-electron chi connectivity index (χ2n) is 7.26. The number of rotatable bonds is 6. The Kier molecular flexibility index (Phi) is 4.31. The molecule has 2 bridgehead atoms. The van der Waals surface area contributed by atoms with Crippen LogP contribution in [0.4, 0.5) is 0 Å². The van der Waals surface area contributed by atoms with Crippen molar-refractivity contribution in [2.24, 2.45) is 17.3 Å². The van der Waals surface area contributed by atoms with Gasteiger partial charge in [-0.3, -0.25) is 0 Å². The molecule has 0 spiro atoms. The second kappa shape index (κ2) is 6.08. The summed E-state index contributed by atoms with van der Waals surface area (Å²) in [7, 11) is 1.76. The van der Waals surface area contributed by atoms with Gasteiger partial charge < -0.3 is 9.47 Å². The molecule has 2 nitrogen and oxygen atoms in total. The number of hydrogen-bond donors (Lipinski definition) is 0. The smallest absolute Gasteiger partial charge is 0.205 e. The number of methoxy groups -OCH3 is 1. The summed E-state index contributed by atoms with van der Waals surface area (Å²) in [6.45, 7) is 6.79. The van der Waals surface area contributed by atoms with E-state index in [1.54, 1.807) is 7.11 Å². The Morgan fingerprint density at radius 1 is 1.23 bits per heavy atom. The van der Waals surface area contributed by atoms with Gasteiger partial charge in [-0.05, 0) is 54.7 Å². The van der Waals surface area contributed by atoms with E-state index in [1.165, 1.54) is 12.0 Å². The molecule has 1 saturated carbocycles. The Morgan fingerprint density at radius 2 is 1.95 bits per heavy atom. The maximum absolute atomic E-state index is 6.22. The number of ether oxygens (including phenoxy) is 2. The van der Waals surface area contributed by atoms with E-state index >= 15 is 0 Å². The van der Waals surface area contributed by atoms with Crippen LogP contribution in [-0.4, -0.2) is 13.4 Å². The molecular weight excluding hydrogens is 272 g/mol. The summed E-state index contributed by atoms with van der Waals surface area (Å²) < 4.78 is 12.0. The highest BCUT2D eigenvalue weighted by Crippen LogP contribution is 2.54. The van der Waals surface area contributed by atoms with E-state index in [4.69, 9.17) is 9.47 Å². The molecule has 0 heterocycles. The van der Waals surface area contributed by atoms with E-state index in [1.807, 2.05) is 0 Å². The van der Waals surface area contributed by atoms with Gasteiger partial charge in [0.25, 0.3) is 0 Å². The van der Waals surface area contributed by atoms with Gasteiger partial charge >= 0.3 is 0 Å². The molecule has 3 rings (SSSR count). The van der Waals surface area contributed by atoms with Gasteiger partial charge in [-0.1, -0.05) is 45.1 Å². The van der Waals surface area contributed by atoms with Crippen LogP contribution in [0.25, 0.3) is 0 Å². The van der Waals surface area contributed by atoms with Crippen molar-refractivity contribution in [2.75, 3.05) is 7.11 Å². The first kappa shape index (κ1) is 15.6. The summed E-state index contributed by atoms with van der Waals surface area (Å²) in [4.78, 5) is 0. The highest BCUT2D eigenvalue weighted by atomic mass is 16.7. The molecule has 0 amide bonds. The molecular formula is C20H28O2. The Morgan fingerprint density at radius 3 is 2.45 bits per heavy atom. The highest BCUT2D eigenvalue weighted by molar-refractivity contribution is 5.29. The number of hydrogen-bond acceptors (Lipinski definition) is 2. The molecule has 2 aliphatic carbocycles. The van der Waals surface area contributed by atoms with Crippen molar-refractivity contribution in [1.29, 1.82) is 0 Å². The predicted molar refractivity (Wildman–Crippen MR) is 90.0 cm³/mol. The van der Waals surface area contributed by atoms with Crippen LogP contribution >= 0.6 is 0 Å². The van der Waals surface area contributed by atoms with E-state index in [9.17, 15) is 0 Å². The lowest BCUT2D eigenvalue weighted by molar-refractivity contribution is -0.143. The summed E-state index contributed by atoms with van der Waals surface area (Å²) in [5.74, 6) is 2.80. The maximum Gasteiger partial charge on any atom is 0.205 e. The Labute approximate surface area is 134 Å². The van der Waals surface area contributed by atoms with Crippen molar-refractivity contribution in [1.82, 2.24) is 0 Å². The summed E-state index contributed by atoms with van der Waals surface area (Å²) in [6.07, 6.45) is 8.12. The molecule has 1 aromatic rings. The van der Waals surface area contributed by atoms with Gasteiger partial charge in [-0.15, -0.1) is 0 Å². The van der Waals surface area contributed by atoms with Crippen LogP contribution in [0.2, 0.25) is 0 Å². The minimum Gasteiger partial charge on any atom is -0.464 e. The fourth-order valence-electron chi connectivity index (χ4n) is 4.09. The van der Waals surface area contributed by atoms with Gasteiger partial charge in [0.1, 0.15) is 5.75 Å². The molecule has 0 N–H and O–H groups in total. The van der Waals surface area contributed by atoms with Gasteiger partial charge in [0.15, 0.2) is 0 Å².